The Labute approximate surface area is 131 Å². The highest BCUT2D eigenvalue weighted by atomic mass is 35.5. The number of nitrogens with one attached hydrogen (secondary N) is 1. The summed E-state index contributed by atoms with van der Waals surface area (Å²) in [4.78, 5) is 4.37. The van der Waals surface area contributed by atoms with Crippen molar-refractivity contribution in [1.29, 1.82) is 0 Å². The first-order valence-electron chi connectivity index (χ1n) is 7.59. The van der Waals surface area contributed by atoms with Crippen molar-refractivity contribution >= 4 is 11.6 Å². The molecule has 1 aromatic carbocycles. The van der Waals surface area contributed by atoms with Crippen molar-refractivity contribution in [1.82, 2.24) is 14.9 Å². The number of aromatic nitrogens is 2. The van der Waals surface area contributed by atoms with Crippen LogP contribution < -0.4 is 5.32 Å². The van der Waals surface area contributed by atoms with E-state index >= 15 is 0 Å². The van der Waals surface area contributed by atoms with Crippen LogP contribution in [0.5, 0.6) is 0 Å². The molecule has 0 unspecified atom stereocenters. The molecule has 1 N–H and O–H groups in total. The maximum atomic E-state index is 6.19. The normalized spacial score (nSPS) is 17.3. The Hall–Kier alpha value is -1.32. The first kappa shape index (κ1) is 14.6. The smallest absolute Gasteiger partial charge is 0.105 e. The van der Waals surface area contributed by atoms with Gasteiger partial charge in [0.15, 0.2) is 0 Å². The topological polar surface area (TPSA) is 29.9 Å². The van der Waals surface area contributed by atoms with E-state index in [-0.39, 0.29) is 5.54 Å². The van der Waals surface area contributed by atoms with Crippen LogP contribution >= 0.6 is 11.6 Å². The zero-order chi connectivity index (χ0) is 14.9. The lowest BCUT2D eigenvalue weighted by atomic mass is 9.88. The van der Waals surface area contributed by atoms with Crippen molar-refractivity contribution in [2.75, 3.05) is 0 Å². The van der Waals surface area contributed by atoms with E-state index in [0.29, 0.717) is 0 Å². The van der Waals surface area contributed by atoms with Gasteiger partial charge in [0, 0.05) is 30.4 Å². The lowest BCUT2D eigenvalue weighted by Gasteiger charge is -2.31. The van der Waals surface area contributed by atoms with E-state index in [1.807, 2.05) is 25.3 Å². The Morgan fingerprint density at radius 3 is 2.71 bits per heavy atom. The Kier molecular flexibility index (Phi) is 4.05. The highest BCUT2D eigenvalue weighted by Gasteiger charge is 2.35. The van der Waals surface area contributed by atoms with E-state index in [9.17, 15) is 0 Å². The van der Waals surface area contributed by atoms with Crippen LogP contribution in [-0.2, 0) is 19.1 Å². The van der Waals surface area contributed by atoms with Crippen molar-refractivity contribution in [3.8, 4) is 0 Å². The molecule has 0 radical (unpaired) electrons. The zero-order valence-electron chi connectivity index (χ0n) is 12.7. The van der Waals surface area contributed by atoms with E-state index in [1.54, 1.807) is 0 Å². The third kappa shape index (κ3) is 2.85. The standard InChI is InChI=1S/C17H22ClN3/c1-13-19-11-16(21(13)2)12-20-17(8-3-4-9-17)14-6-5-7-15(18)10-14/h5-7,10-11,20H,3-4,8-9,12H2,1-2H3. The fourth-order valence-corrected chi connectivity index (χ4v) is 3.50. The second kappa shape index (κ2) is 5.82. The molecule has 112 valence electrons. The molecule has 2 aromatic rings. The highest BCUT2D eigenvalue weighted by Crippen LogP contribution is 2.39. The molecule has 0 aliphatic heterocycles. The molecule has 1 heterocycles. The van der Waals surface area contributed by atoms with Crippen LogP contribution in [0.3, 0.4) is 0 Å². The van der Waals surface area contributed by atoms with Crippen LogP contribution in [0.15, 0.2) is 30.5 Å². The second-order valence-corrected chi connectivity index (χ2v) is 6.45. The number of halogens is 1. The van der Waals surface area contributed by atoms with E-state index in [1.165, 1.54) is 36.9 Å². The average Bonchev–Trinajstić information content (AvgIpc) is 3.07. The van der Waals surface area contributed by atoms with Gasteiger partial charge in [-0.05, 0) is 37.5 Å². The van der Waals surface area contributed by atoms with E-state index in [2.05, 4.69) is 34.0 Å². The van der Waals surface area contributed by atoms with Gasteiger partial charge in [0.25, 0.3) is 0 Å². The van der Waals surface area contributed by atoms with Gasteiger partial charge in [0.05, 0.1) is 5.69 Å². The molecule has 3 rings (SSSR count). The maximum Gasteiger partial charge on any atom is 0.105 e. The lowest BCUT2D eigenvalue weighted by molar-refractivity contribution is 0.335. The maximum absolute atomic E-state index is 6.19. The first-order valence-corrected chi connectivity index (χ1v) is 7.97. The van der Waals surface area contributed by atoms with Crippen LogP contribution in [-0.4, -0.2) is 9.55 Å². The molecule has 4 heteroatoms. The molecule has 1 saturated carbocycles. The summed E-state index contributed by atoms with van der Waals surface area (Å²) in [6, 6.07) is 8.29. The summed E-state index contributed by atoms with van der Waals surface area (Å²) in [6.45, 7) is 2.87. The predicted molar refractivity (Wildman–Crippen MR) is 86.4 cm³/mol. The summed E-state index contributed by atoms with van der Waals surface area (Å²) >= 11 is 6.19. The van der Waals surface area contributed by atoms with Gasteiger partial charge >= 0.3 is 0 Å². The Balaban J connectivity index is 1.83. The SMILES string of the molecule is Cc1ncc(CNC2(c3cccc(Cl)c3)CCCC2)n1C. The molecule has 21 heavy (non-hydrogen) atoms. The molecule has 0 saturated heterocycles. The van der Waals surface area contributed by atoms with Gasteiger partial charge in [-0.3, -0.25) is 0 Å². The average molecular weight is 304 g/mol. The fraction of sp³-hybridized carbons (Fsp3) is 0.471. The second-order valence-electron chi connectivity index (χ2n) is 6.01. The summed E-state index contributed by atoms with van der Waals surface area (Å²) in [6.07, 6.45) is 6.84. The lowest BCUT2D eigenvalue weighted by Crippen LogP contribution is -2.39. The van der Waals surface area contributed by atoms with Gasteiger partial charge in [-0.2, -0.15) is 0 Å². The minimum atomic E-state index is 0.0586. The number of benzene rings is 1. The molecule has 0 atom stereocenters. The first-order chi connectivity index (χ1) is 10.1. The molecule has 0 spiro atoms. The van der Waals surface area contributed by atoms with Crippen molar-refractivity contribution in [3.63, 3.8) is 0 Å². The number of aryl methyl sites for hydroxylation is 1. The summed E-state index contributed by atoms with van der Waals surface area (Å²) in [5.41, 5.74) is 2.59. The van der Waals surface area contributed by atoms with Crippen LogP contribution in [0.1, 0.15) is 42.8 Å². The van der Waals surface area contributed by atoms with Crippen LogP contribution in [0.4, 0.5) is 0 Å². The minimum Gasteiger partial charge on any atom is -0.334 e. The zero-order valence-corrected chi connectivity index (χ0v) is 13.5. The summed E-state index contributed by atoms with van der Waals surface area (Å²) in [7, 11) is 2.07. The van der Waals surface area contributed by atoms with E-state index < -0.39 is 0 Å². The molecule has 1 aromatic heterocycles. The summed E-state index contributed by atoms with van der Waals surface area (Å²) in [5, 5.41) is 4.61. The third-order valence-corrected chi connectivity index (χ3v) is 4.99. The van der Waals surface area contributed by atoms with Crippen LogP contribution in [0.2, 0.25) is 5.02 Å². The molecule has 0 bridgehead atoms. The summed E-state index contributed by atoms with van der Waals surface area (Å²) in [5.74, 6) is 1.05. The molecule has 1 fully saturated rings. The van der Waals surface area contributed by atoms with E-state index in [0.717, 1.165) is 17.4 Å². The predicted octanol–water partition coefficient (Wildman–Crippen LogP) is 3.94. The van der Waals surface area contributed by atoms with Gasteiger partial charge in [-0.15, -0.1) is 0 Å². The monoisotopic (exact) mass is 303 g/mol. The minimum absolute atomic E-state index is 0.0586. The Morgan fingerprint density at radius 2 is 2.10 bits per heavy atom. The Bertz CT molecular complexity index is 627. The van der Waals surface area contributed by atoms with Gasteiger partial charge in [0.1, 0.15) is 5.82 Å². The number of imidazole rings is 1. The van der Waals surface area contributed by atoms with Crippen LogP contribution in [0, 0.1) is 6.92 Å². The molecule has 1 aliphatic rings. The van der Waals surface area contributed by atoms with Crippen molar-refractivity contribution in [2.24, 2.45) is 7.05 Å². The molecule has 1 aliphatic carbocycles. The van der Waals surface area contributed by atoms with Gasteiger partial charge < -0.3 is 9.88 Å². The molecular weight excluding hydrogens is 282 g/mol. The van der Waals surface area contributed by atoms with Crippen LogP contribution in [0.25, 0.3) is 0 Å². The van der Waals surface area contributed by atoms with Crippen molar-refractivity contribution < 1.29 is 0 Å². The van der Waals surface area contributed by atoms with Gasteiger partial charge in [-0.25, -0.2) is 4.98 Å². The quantitative estimate of drug-likeness (QED) is 0.927. The van der Waals surface area contributed by atoms with Crippen molar-refractivity contribution in [3.05, 3.63) is 52.6 Å². The van der Waals surface area contributed by atoms with Gasteiger partial charge in [-0.1, -0.05) is 36.6 Å². The number of hydrogen-bond donors (Lipinski definition) is 1. The van der Waals surface area contributed by atoms with Gasteiger partial charge in [0.2, 0.25) is 0 Å². The molecule has 3 nitrogen and oxygen atoms in total. The largest absolute Gasteiger partial charge is 0.334 e. The fourth-order valence-electron chi connectivity index (χ4n) is 3.31. The molecule has 0 amide bonds. The number of nitrogens with zero attached hydrogens (tertiary/aromatic N) is 2. The molecular formula is C17H22ClN3. The highest BCUT2D eigenvalue weighted by molar-refractivity contribution is 6.30. The number of hydrogen-bond acceptors (Lipinski definition) is 2. The third-order valence-electron chi connectivity index (χ3n) is 4.76. The van der Waals surface area contributed by atoms with E-state index in [4.69, 9.17) is 11.6 Å². The van der Waals surface area contributed by atoms with Crippen molar-refractivity contribution in [2.45, 2.75) is 44.7 Å². The number of rotatable bonds is 4. The summed E-state index contributed by atoms with van der Waals surface area (Å²) < 4.78 is 2.15. The Morgan fingerprint density at radius 1 is 1.33 bits per heavy atom.